The van der Waals surface area contributed by atoms with Crippen molar-refractivity contribution in [1.82, 2.24) is 5.32 Å². The highest BCUT2D eigenvalue weighted by atomic mass is 35.5. The van der Waals surface area contributed by atoms with Gasteiger partial charge in [-0.2, -0.15) is 0 Å². The monoisotopic (exact) mass is 382 g/mol. The number of aryl methyl sites for hydroxylation is 1. The third-order valence-electron chi connectivity index (χ3n) is 5.47. The zero-order valence-electron chi connectivity index (χ0n) is 15.5. The van der Waals surface area contributed by atoms with Crippen LogP contribution in [0.4, 0.5) is 0 Å². The molecule has 3 atom stereocenters. The second-order valence-corrected chi connectivity index (χ2v) is 7.40. The van der Waals surface area contributed by atoms with Gasteiger partial charge in [-0.1, -0.05) is 18.6 Å². The van der Waals surface area contributed by atoms with Crippen LogP contribution in [0.25, 0.3) is 0 Å². The van der Waals surface area contributed by atoms with Crippen molar-refractivity contribution < 1.29 is 14.3 Å². The first-order valence-corrected chi connectivity index (χ1v) is 9.45. The standard InChI is InChI=1S/C20H30N2O3.ClH/c1-14-5-6-17(19(9-14)25-13-15-7-8-24-12-15)11-22-20(23)18-4-2-3-16(18)10-21;/h5-6,9,15-16,18H,2-4,7-8,10-13,21H2,1H3,(H,22,23);1H/t15?,16-,18-;/m1./s1. The molecule has 1 saturated carbocycles. The normalized spacial score (nSPS) is 24.9. The van der Waals surface area contributed by atoms with E-state index in [4.69, 9.17) is 15.2 Å². The molecule has 1 aromatic carbocycles. The zero-order chi connectivity index (χ0) is 17.6. The molecule has 2 aliphatic rings. The SMILES string of the molecule is Cc1ccc(CNC(=O)[C@@H]2CCC[C@@H]2CN)c(OCC2CCOC2)c1.Cl. The molecule has 26 heavy (non-hydrogen) atoms. The van der Waals surface area contributed by atoms with Gasteiger partial charge >= 0.3 is 0 Å². The van der Waals surface area contributed by atoms with Crippen LogP contribution in [-0.2, 0) is 16.1 Å². The molecule has 1 amide bonds. The maximum atomic E-state index is 12.5. The van der Waals surface area contributed by atoms with Gasteiger partial charge in [0.2, 0.25) is 5.91 Å². The zero-order valence-corrected chi connectivity index (χ0v) is 16.4. The van der Waals surface area contributed by atoms with Crippen LogP contribution in [0, 0.1) is 24.7 Å². The van der Waals surface area contributed by atoms with Gasteiger partial charge in [0, 0.05) is 30.6 Å². The van der Waals surface area contributed by atoms with Crippen LogP contribution in [0.1, 0.15) is 36.8 Å². The van der Waals surface area contributed by atoms with E-state index in [1.54, 1.807) is 0 Å². The first kappa shape index (κ1) is 21.0. The number of ether oxygens (including phenoxy) is 2. The van der Waals surface area contributed by atoms with Gasteiger partial charge in [-0.3, -0.25) is 4.79 Å². The summed E-state index contributed by atoms with van der Waals surface area (Å²) in [5.74, 6) is 1.86. The van der Waals surface area contributed by atoms with E-state index in [1.165, 1.54) is 0 Å². The minimum Gasteiger partial charge on any atom is -0.493 e. The molecule has 1 unspecified atom stereocenters. The lowest BCUT2D eigenvalue weighted by atomic mass is 9.95. The fraction of sp³-hybridized carbons (Fsp3) is 0.650. The molecule has 2 fully saturated rings. The van der Waals surface area contributed by atoms with Crippen LogP contribution in [0.2, 0.25) is 0 Å². The lowest BCUT2D eigenvalue weighted by molar-refractivity contribution is -0.126. The average molecular weight is 383 g/mol. The number of carbonyl (C=O) groups is 1. The van der Waals surface area contributed by atoms with E-state index in [9.17, 15) is 4.79 Å². The summed E-state index contributed by atoms with van der Waals surface area (Å²) >= 11 is 0. The predicted octanol–water partition coefficient (Wildman–Crippen LogP) is 2.82. The lowest BCUT2D eigenvalue weighted by Gasteiger charge is -2.19. The number of benzene rings is 1. The molecule has 1 heterocycles. The van der Waals surface area contributed by atoms with Crippen LogP contribution < -0.4 is 15.8 Å². The molecule has 0 aromatic heterocycles. The molecule has 0 radical (unpaired) electrons. The van der Waals surface area contributed by atoms with Gasteiger partial charge in [0.15, 0.2) is 0 Å². The molecule has 1 aliphatic carbocycles. The van der Waals surface area contributed by atoms with Crippen molar-refractivity contribution in [3.8, 4) is 5.75 Å². The summed E-state index contributed by atoms with van der Waals surface area (Å²) in [6.45, 7) is 5.43. The second kappa shape index (κ2) is 10.1. The molecule has 1 aromatic rings. The lowest BCUT2D eigenvalue weighted by Crippen LogP contribution is -2.34. The Labute approximate surface area is 162 Å². The molecular weight excluding hydrogens is 352 g/mol. The third kappa shape index (κ3) is 5.35. The number of nitrogens with two attached hydrogens (primary N) is 1. The van der Waals surface area contributed by atoms with Crippen LogP contribution in [0.3, 0.4) is 0 Å². The van der Waals surface area contributed by atoms with E-state index in [0.717, 1.165) is 55.8 Å². The fourth-order valence-corrected chi connectivity index (χ4v) is 3.84. The Morgan fingerprint density at radius 3 is 2.92 bits per heavy atom. The average Bonchev–Trinajstić information content (AvgIpc) is 3.30. The Morgan fingerprint density at radius 2 is 2.19 bits per heavy atom. The highest BCUT2D eigenvalue weighted by Crippen LogP contribution is 2.31. The number of hydrogen-bond acceptors (Lipinski definition) is 4. The van der Waals surface area contributed by atoms with Crippen molar-refractivity contribution in [2.24, 2.45) is 23.5 Å². The molecule has 0 spiro atoms. The van der Waals surface area contributed by atoms with E-state index in [-0.39, 0.29) is 24.2 Å². The number of halogens is 1. The molecule has 3 rings (SSSR count). The smallest absolute Gasteiger partial charge is 0.223 e. The highest BCUT2D eigenvalue weighted by molar-refractivity contribution is 5.85. The Balaban J connectivity index is 0.00000243. The van der Waals surface area contributed by atoms with Crippen LogP contribution in [0.15, 0.2) is 18.2 Å². The van der Waals surface area contributed by atoms with E-state index >= 15 is 0 Å². The topological polar surface area (TPSA) is 73.6 Å². The molecular formula is C20H31ClN2O3. The Hall–Kier alpha value is -1.30. The minimum atomic E-state index is 0. The summed E-state index contributed by atoms with van der Waals surface area (Å²) in [4.78, 5) is 12.5. The van der Waals surface area contributed by atoms with E-state index in [1.807, 2.05) is 6.07 Å². The maximum Gasteiger partial charge on any atom is 0.223 e. The van der Waals surface area contributed by atoms with Gasteiger partial charge in [0.1, 0.15) is 5.75 Å². The second-order valence-electron chi connectivity index (χ2n) is 7.40. The van der Waals surface area contributed by atoms with Gasteiger partial charge in [0.05, 0.1) is 13.2 Å². The van der Waals surface area contributed by atoms with E-state index in [2.05, 4.69) is 24.4 Å². The van der Waals surface area contributed by atoms with Gasteiger partial charge in [0.25, 0.3) is 0 Å². The fourth-order valence-electron chi connectivity index (χ4n) is 3.84. The first-order valence-electron chi connectivity index (χ1n) is 9.45. The van der Waals surface area contributed by atoms with Crippen molar-refractivity contribution in [1.29, 1.82) is 0 Å². The van der Waals surface area contributed by atoms with Crippen molar-refractivity contribution in [3.63, 3.8) is 0 Å². The Kier molecular flexibility index (Phi) is 8.19. The number of rotatable bonds is 7. The van der Waals surface area contributed by atoms with Crippen LogP contribution >= 0.6 is 12.4 Å². The van der Waals surface area contributed by atoms with Crippen molar-refractivity contribution in [3.05, 3.63) is 29.3 Å². The summed E-state index contributed by atoms with van der Waals surface area (Å²) in [5.41, 5.74) is 7.99. The molecule has 5 nitrogen and oxygen atoms in total. The number of carbonyl (C=O) groups excluding carboxylic acids is 1. The molecule has 6 heteroatoms. The first-order chi connectivity index (χ1) is 12.2. The molecule has 1 saturated heterocycles. The van der Waals surface area contributed by atoms with E-state index in [0.29, 0.717) is 31.5 Å². The molecule has 1 aliphatic heterocycles. The van der Waals surface area contributed by atoms with Gasteiger partial charge in [-0.25, -0.2) is 0 Å². The quantitative estimate of drug-likeness (QED) is 0.760. The molecule has 0 bridgehead atoms. The minimum absolute atomic E-state index is 0. The highest BCUT2D eigenvalue weighted by Gasteiger charge is 2.31. The largest absolute Gasteiger partial charge is 0.493 e. The van der Waals surface area contributed by atoms with Crippen molar-refractivity contribution >= 4 is 18.3 Å². The molecule has 146 valence electrons. The summed E-state index contributed by atoms with van der Waals surface area (Å²) in [6, 6.07) is 6.16. The number of hydrogen-bond donors (Lipinski definition) is 2. The molecule has 3 N–H and O–H groups in total. The summed E-state index contributed by atoms with van der Waals surface area (Å²) in [5, 5.41) is 3.09. The van der Waals surface area contributed by atoms with Gasteiger partial charge < -0.3 is 20.5 Å². The predicted molar refractivity (Wildman–Crippen MR) is 105 cm³/mol. The number of nitrogens with one attached hydrogen (secondary N) is 1. The summed E-state index contributed by atoms with van der Waals surface area (Å²) in [7, 11) is 0. The van der Waals surface area contributed by atoms with Crippen molar-refractivity contribution in [2.75, 3.05) is 26.4 Å². The van der Waals surface area contributed by atoms with Crippen LogP contribution in [0.5, 0.6) is 5.75 Å². The number of amides is 1. The van der Waals surface area contributed by atoms with E-state index < -0.39 is 0 Å². The van der Waals surface area contributed by atoms with Crippen LogP contribution in [-0.4, -0.2) is 32.3 Å². The summed E-state index contributed by atoms with van der Waals surface area (Å²) in [6.07, 6.45) is 4.17. The third-order valence-corrected chi connectivity index (χ3v) is 5.47. The Morgan fingerprint density at radius 1 is 1.35 bits per heavy atom. The summed E-state index contributed by atoms with van der Waals surface area (Å²) < 4.78 is 11.5. The Bertz CT molecular complexity index is 590. The van der Waals surface area contributed by atoms with Gasteiger partial charge in [-0.15, -0.1) is 12.4 Å². The maximum absolute atomic E-state index is 12.5. The van der Waals surface area contributed by atoms with Gasteiger partial charge in [-0.05, 0) is 50.3 Å². The van der Waals surface area contributed by atoms with Crippen molar-refractivity contribution in [2.45, 2.75) is 39.2 Å².